The van der Waals surface area contributed by atoms with E-state index in [1.54, 1.807) is 30.6 Å². The smallest absolute Gasteiger partial charge is 0.262 e. The van der Waals surface area contributed by atoms with Crippen molar-refractivity contribution in [1.82, 2.24) is 9.55 Å². The lowest BCUT2D eigenvalue weighted by Gasteiger charge is -2.17. The summed E-state index contributed by atoms with van der Waals surface area (Å²) >= 11 is 1.61. The molecule has 3 aromatic rings. The number of nitrogens with zero attached hydrogens (tertiary/aromatic N) is 2. The van der Waals surface area contributed by atoms with Crippen LogP contribution in [0.15, 0.2) is 35.4 Å². The van der Waals surface area contributed by atoms with Crippen molar-refractivity contribution in [2.45, 2.75) is 32.7 Å². The summed E-state index contributed by atoms with van der Waals surface area (Å²) in [7, 11) is 1.55. The molecule has 0 saturated carbocycles. The zero-order chi connectivity index (χ0) is 19.0. The van der Waals surface area contributed by atoms with E-state index in [1.165, 1.54) is 15.8 Å². The van der Waals surface area contributed by atoms with E-state index in [2.05, 4.69) is 17.2 Å². The van der Waals surface area contributed by atoms with Gasteiger partial charge in [-0.2, -0.15) is 0 Å². The number of nitrogens with one attached hydrogen (secondary N) is 1. The lowest BCUT2D eigenvalue weighted by Crippen LogP contribution is -2.28. The molecule has 0 saturated heterocycles. The number of anilines is 1. The fraction of sp³-hybridized carbons (Fsp3) is 0.350. The predicted molar refractivity (Wildman–Crippen MR) is 107 cm³/mol. The number of carbonyl (C=O) groups excluding carboxylic acids is 1. The van der Waals surface area contributed by atoms with Crippen molar-refractivity contribution >= 4 is 33.1 Å². The Kier molecular flexibility index (Phi) is 4.70. The first-order valence-electron chi connectivity index (χ1n) is 8.99. The average molecular weight is 383 g/mol. The van der Waals surface area contributed by atoms with Crippen molar-refractivity contribution < 1.29 is 9.53 Å². The van der Waals surface area contributed by atoms with E-state index < -0.39 is 0 Å². The zero-order valence-corrected chi connectivity index (χ0v) is 16.1. The number of aromatic nitrogens is 2. The van der Waals surface area contributed by atoms with Gasteiger partial charge >= 0.3 is 0 Å². The first kappa shape index (κ1) is 17.7. The van der Waals surface area contributed by atoms with Crippen molar-refractivity contribution in [2.75, 3.05) is 12.4 Å². The lowest BCUT2D eigenvalue weighted by molar-refractivity contribution is -0.116. The predicted octanol–water partition coefficient (Wildman–Crippen LogP) is 3.23. The molecule has 140 valence electrons. The fourth-order valence-corrected chi connectivity index (χ4v) is 4.91. The molecule has 0 spiro atoms. The molecule has 0 fully saturated rings. The molecule has 7 heteroatoms. The van der Waals surface area contributed by atoms with Gasteiger partial charge in [0.15, 0.2) is 0 Å². The van der Waals surface area contributed by atoms with E-state index in [0.717, 1.165) is 29.7 Å². The van der Waals surface area contributed by atoms with Crippen LogP contribution < -0.4 is 15.6 Å². The Hall–Kier alpha value is -2.67. The second-order valence-electron chi connectivity index (χ2n) is 6.96. The number of benzene rings is 1. The van der Waals surface area contributed by atoms with Gasteiger partial charge in [-0.15, -0.1) is 11.3 Å². The summed E-state index contributed by atoms with van der Waals surface area (Å²) < 4.78 is 6.63. The van der Waals surface area contributed by atoms with Gasteiger partial charge < -0.3 is 10.1 Å². The minimum absolute atomic E-state index is 0.0825. The third-order valence-corrected chi connectivity index (χ3v) is 6.14. The van der Waals surface area contributed by atoms with Crippen LogP contribution in [0.3, 0.4) is 0 Å². The highest BCUT2D eigenvalue weighted by atomic mass is 32.1. The van der Waals surface area contributed by atoms with E-state index in [0.29, 0.717) is 22.7 Å². The minimum Gasteiger partial charge on any atom is -0.495 e. The molecule has 1 unspecified atom stereocenters. The number of thiophene rings is 1. The van der Waals surface area contributed by atoms with Crippen LogP contribution in [0.4, 0.5) is 5.69 Å². The SMILES string of the molecule is COc1ccccc1NC(=O)Cn1cnc2sc3c(c2c1=O)CCC(C)C3. The highest BCUT2D eigenvalue weighted by Gasteiger charge is 2.23. The highest BCUT2D eigenvalue weighted by molar-refractivity contribution is 7.18. The number of hydrogen-bond donors (Lipinski definition) is 1. The molecule has 27 heavy (non-hydrogen) atoms. The maximum Gasteiger partial charge on any atom is 0.262 e. The Morgan fingerprint density at radius 1 is 1.41 bits per heavy atom. The Morgan fingerprint density at radius 2 is 2.22 bits per heavy atom. The van der Waals surface area contributed by atoms with Gasteiger partial charge in [-0.25, -0.2) is 4.98 Å². The van der Waals surface area contributed by atoms with Crippen LogP contribution in [0.5, 0.6) is 5.75 Å². The standard InChI is InChI=1S/C20H21N3O3S/c1-12-7-8-13-16(9-12)27-19-18(13)20(25)23(11-21-19)10-17(24)22-14-5-3-4-6-15(14)26-2/h3-6,11-12H,7-10H2,1-2H3,(H,22,24). The van der Waals surface area contributed by atoms with Crippen LogP contribution in [0, 0.1) is 5.92 Å². The third-order valence-electron chi connectivity index (χ3n) is 4.98. The van der Waals surface area contributed by atoms with E-state index in [-0.39, 0.29) is 18.0 Å². The molecule has 1 N–H and O–H groups in total. The molecule has 1 aliphatic carbocycles. The van der Waals surface area contributed by atoms with Gasteiger partial charge in [0, 0.05) is 4.88 Å². The molecular weight excluding hydrogens is 362 g/mol. The summed E-state index contributed by atoms with van der Waals surface area (Å²) in [6, 6.07) is 7.18. The molecule has 1 aliphatic rings. The van der Waals surface area contributed by atoms with Gasteiger partial charge in [0.2, 0.25) is 5.91 Å². The summed E-state index contributed by atoms with van der Waals surface area (Å²) in [5, 5.41) is 3.49. The highest BCUT2D eigenvalue weighted by Crippen LogP contribution is 2.35. The zero-order valence-electron chi connectivity index (χ0n) is 15.3. The van der Waals surface area contributed by atoms with E-state index in [4.69, 9.17) is 4.74 Å². The van der Waals surface area contributed by atoms with Crippen LogP contribution in [0.25, 0.3) is 10.2 Å². The number of ether oxygens (including phenoxy) is 1. The van der Waals surface area contributed by atoms with E-state index in [1.807, 2.05) is 12.1 Å². The van der Waals surface area contributed by atoms with Gasteiger partial charge in [-0.3, -0.25) is 14.2 Å². The molecule has 0 aliphatic heterocycles. The first-order chi connectivity index (χ1) is 13.1. The Balaban J connectivity index is 1.62. The van der Waals surface area contributed by atoms with Crippen molar-refractivity contribution in [3.05, 3.63) is 51.4 Å². The quantitative estimate of drug-likeness (QED) is 0.751. The van der Waals surface area contributed by atoms with Crippen LogP contribution in [0.1, 0.15) is 23.8 Å². The number of fused-ring (bicyclic) bond motifs is 3. The Labute approximate surface area is 160 Å². The number of rotatable bonds is 4. The van der Waals surface area contributed by atoms with Crippen molar-refractivity contribution in [3.63, 3.8) is 0 Å². The number of aryl methyl sites for hydroxylation is 1. The molecule has 1 aromatic carbocycles. The van der Waals surface area contributed by atoms with Gasteiger partial charge in [0.05, 0.1) is 24.5 Å². The maximum atomic E-state index is 13.0. The van der Waals surface area contributed by atoms with Gasteiger partial charge in [0.25, 0.3) is 5.56 Å². The lowest BCUT2D eigenvalue weighted by atomic mass is 9.89. The van der Waals surface area contributed by atoms with Gasteiger partial charge in [-0.05, 0) is 42.9 Å². The fourth-order valence-electron chi connectivity index (χ4n) is 3.57. The summed E-state index contributed by atoms with van der Waals surface area (Å²) in [6.45, 7) is 2.15. The van der Waals surface area contributed by atoms with Crippen molar-refractivity contribution in [1.29, 1.82) is 0 Å². The molecule has 2 heterocycles. The maximum absolute atomic E-state index is 13.0. The number of hydrogen-bond acceptors (Lipinski definition) is 5. The number of para-hydroxylation sites is 2. The third kappa shape index (κ3) is 3.35. The number of methoxy groups -OCH3 is 1. The van der Waals surface area contributed by atoms with Crippen molar-refractivity contribution in [3.8, 4) is 5.75 Å². The Morgan fingerprint density at radius 3 is 3.04 bits per heavy atom. The molecule has 0 bridgehead atoms. The number of amides is 1. The summed E-state index contributed by atoms with van der Waals surface area (Å²) in [5.41, 5.74) is 1.57. The van der Waals surface area contributed by atoms with Crippen LogP contribution in [-0.2, 0) is 24.2 Å². The van der Waals surface area contributed by atoms with Gasteiger partial charge in [-0.1, -0.05) is 19.1 Å². The normalized spacial score (nSPS) is 16.1. The van der Waals surface area contributed by atoms with E-state index >= 15 is 0 Å². The molecule has 1 atom stereocenters. The largest absolute Gasteiger partial charge is 0.495 e. The van der Waals surface area contributed by atoms with Crippen molar-refractivity contribution in [2.24, 2.45) is 5.92 Å². The molecule has 1 amide bonds. The van der Waals surface area contributed by atoms with Crippen LogP contribution >= 0.6 is 11.3 Å². The summed E-state index contributed by atoms with van der Waals surface area (Å²) in [6.07, 6.45) is 4.47. The van der Waals surface area contributed by atoms with Gasteiger partial charge in [0.1, 0.15) is 17.1 Å². The van der Waals surface area contributed by atoms with Crippen LogP contribution in [0.2, 0.25) is 0 Å². The topological polar surface area (TPSA) is 73.2 Å². The molecule has 0 radical (unpaired) electrons. The second kappa shape index (κ2) is 7.15. The molecular formula is C20H21N3O3S. The van der Waals surface area contributed by atoms with Crippen LogP contribution in [-0.4, -0.2) is 22.6 Å². The minimum atomic E-state index is -0.291. The monoisotopic (exact) mass is 383 g/mol. The Bertz CT molecular complexity index is 1070. The molecule has 2 aromatic heterocycles. The molecule has 4 rings (SSSR count). The average Bonchev–Trinajstić information content (AvgIpc) is 3.02. The summed E-state index contributed by atoms with van der Waals surface area (Å²) in [4.78, 5) is 31.9. The summed E-state index contributed by atoms with van der Waals surface area (Å²) in [5.74, 6) is 0.924. The second-order valence-corrected chi connectivity index (χ2v) is 8.04. The van der Waals surface area contributed by atoms with E-state index in [9.17, 15) is 9.59 Å². The first-order valence-corrected chi connectivity index (χ1v) is 9.81. The molecule has 6 nitrogen and oxygen atoms in total. The number of carbonyl (C=O) groups is 1.